The zero-order valence-electron chi connectivity index (χ0n) is 17.0. The van der Waals surface area contributed by atoms with Gasteiger partial charge in [0.15, 0.2) is 0 Å². The van der Waals surface area contributed by atoms with Gasteiger partial charge >= 0.3 is 6.09 Å². The van der Waals surface area contributed by atoms with Gasteiger partial charge in [-0.1, -0.05) is 81.3 Å². The fraction of sp³-hybridized carbons (Fsp3) is 0.591. The Morgan fingerprint density at radius 2 is 1.64 bits per heavy atom. The number of rotatable bonds is 14. The third-order valence-corrected chi connectivity index (χ3v) is 4.84. The van der Waals surface area contributed by atoms with Gasteiger partial charge in [0.1, 0.15) is 0 Å². The number of hydrogen-bond donors (Lipinski definition) is 2. The normalized spacial score (nSPS) is 10.9. The summed E-state index contributed by atoms with van der Waals surface area (Å²) in [5, 5.41) is 14.9. The highest BCUT2D eigenvalue weighted by atomic mass is 16.5. The second-order valence-electron chi connectivity index (χ2n) is 7.27. The minimum absolute atomic E-state index is 0.375. The zero-order chi connectivity index (χ0) is 20.0. The van der Waals surface area contributed by atoms with E-state index in [1.807, 2.05) is 12.1 Å². The molecule has 0 spiro atoms. The van der Waals surface area contributed by atoms with Gasteiger partial charge in [-0.15, -0.1) is 0 Å². The average molecular weight is 388 g/mol. The number of amides is 1. The quantitative estimate of drug-likeness (QED) is 0.411. The number of benzene rings is 1. The number of carboxylic acid groups (broad SMARTS) is 1. The first-order chi connectivity index (χ1) is 13.7. The summed E-state index contributed by atoms with van der Waals surface area (Å²) in [4.78, 5) is 14.8. The Hall–Kier alpha value is -2.37. The Balaban J connectivity index is 1.67. The Bertz CT molecular complexity index is 683. The smallest absolute Gasteiger partial charge is 0.404 e. The van der Waals surface area contributed by atoms with Gasteiger partial charge in [0.2, 0.25) is 11.7 Å². The van der Waals surface area contributed by atoms with E-state index in [2.05, 4.69) is 34.5 Å². The van der Waals surface area contributed by atoms with E-state index in [1.165, 1.54) is 56.9 Å². The van der Waals surface area contributed by atoms with Gasteiger partial charge in [0.25, 0.3) is 0 Å². The summed E-state index contributed by atoms with van der Waals surface area (Å²) in [5.41, 5.74) is 2.29. The molecule has 28 heavy (non-hydrogen) atoms. The van der Waals surface area contributed by atoms with Crippen molar-refractivity contribution >= 4 is 6.09 Å². The molecule has 0 atom stereocenters. The van der Waals surface area contributed by atoms with Crippen molar-refractivity contribution in [2.75, 3.05) is 6.54 Å². The van der Waals surface area contributed by atoms with Crippen LogP contribution >= 0.6 is 0 Å². The van der Waals surface area contributed by atoms with Crippen LogP contribution in [0.25, 0.3) is 11.4 Å². The van der Waals surface area contributed by atoms with Crippen LogP contribution in [-0.4, -0.2) is 27.9 Å². The standard InChI is InChI=1S/C22H33N3O3/c1-2-3-4-5-6-7-8-9-11-18-13-15-19(16-14-18)21-24-20(28-25-21)12-10-17-23-22(26)27/h13-16,23H,2-12,17H2,1H3,(H,26,27). The van der Waals surface area contributed by atoms with Gasteiger partial charge in [-0.2, -0.15) is 4.98 Å². The van der Waals surface area contributed by atoms with E-state index in [4.69, 9.17) is 9.63 Å². The van der Waals surface area contributed by atoms with Gasteiger partial charge in [-0.3, -0.25) is 0 Å². The van der Waals surface area contributed by atoms with Crippen molar-refractivity contribution in [3.05, 3.63) is 35.7 Å². The topological polar surface area (TPSA) is 88.2 Å². The second kappa shape index (κ2) is 12.9. The van der Waals surface area contributed by atoms with Crippen molar-refractivity contribution < 1.29 is 14.4 Å². The molecule has 0 radical (unpaired) electrons. The van der Waals surface area contributed by atoms with Gasteiger partial charge in [-0.05, 0) is 24.8 Å². The number of aromatic nitrogens is 2. The SMILES string of the molecule is CCCCCCCCCCc1ccc(-c2noc(CCCNC(=O)O)n2)cc1. The van der Waals surface area contributed by atoms with Crippen LogP contribution in [-0.2, 0) is 12.8 Å². The van der Waals surface area contributed by atoms with Crippen LogP contribution in [0.5, 0.6) is 0 Å². The maximum atomic E-state index is 10.4. The molecular weight excluding hydrogens is 354 g/mol. The molecule has 0 aliphatic carbocycles. The lowest BCUT2D eigenvalue weighted by Gasteiger charge is -2.03. The summed E-state index contributed by atoms with van der Waals surface area (Å²) in [5.74, 6) is 1.12. The van der Waals surface area contributed by atoms with Crippen LogP contribution in [0, 0.1) is 0 Å². The molecule has 1 amide bonds. The number of nitrogens with one attached hydrogen (secondary N) is 1. The number of nitrogens with zero attached hydrogens (tertiary/aromatic N) is 2. The second-order valence-corrected chi connectivity index (χ2v) is 7.27. The van der Waals surface area contributed by atoms with Crippen LogP contribution < -0.4 is 5.32 Å². The molecule has 1 aromatic carbocycles. The van der Waals surface area contributed by atoms with Crippen molar-refractivity contribution in [1.29, 1.82) is 0 Å². The van der Waals surface area contributed by atoms with Crippen LogP contribution in [0.4, 0.5) is 4.79 Å². The minimum Gasteiger partial charge on any atom is -0.465 e. The van der Waals surface area contributed by atoms with Gasteiger partial charge < -0.3 is 14.9 Å². The monoisotopic (exact) mass is 387 g/mol. The molecule has 2 aromatic rings. The summed E-state index contributed by atoms with van der Waals surface area (Å²) in [6, 6.07) is 8.37. The molecule has 0 aliphatic heterocycles. The first-order valence-electron chi connectivity index (χ1n) is 10.6. The number of unbranched alkanes of at least 4 members (excludes halogenated alkanes) is 7. The van der Waals surface area contributed by atoms with Crippen molar-refractivity contribution in [1.82, 2.24) is 15.5 Å². The maximum absolute atomic E-state index is 10.4. The van der Waals surface area contributed by atoms with Gasteiger partial charge in [0, 0.05) is 18.5 Å². The molecule has 0 saturated carbocycles. The molecule has 2 rings (SSSR count). The lowest BCUT2D eigenvalue weighted by atomic mass is 10.0. The van der Waals surface area contributed by atoms with Crippen LogP contribution in [0.15, 0.2) is 28.8 Å². The summed E-state index contributed by atoms with van der Waals surface area (Å²) < 4.78 is 5.25. The summed E-state index contributed by atoms with van der Waals surface area (Å²) >= 11 is 0. The van der Waals surface area contributed by atoms with E-state index in [0.717, 1.165) is 12.0 Å². The van der Waals surface area contributed by atoms with Gasteiger partial charge in [-0.25, -0.2) is 4.79 Å². The fourth-order valence-corrected chi connectivity index (χ4v) is 3.19. The van der Waals surface area contributed by atoms with Crippen LogP contribution in [0.1, 0.15) is 76.2 Å². The zero-order valence-corrected chi connectivity index (χ0v) is 17.0. The molecule has 0 unspecified atom stereocenters. The Labute approximate surface area is 167 Å². The number of carbonyl (C=O) groups is 1. The van der Waals surface area contributed by atoms with E-state index in [1.54, 1.807) is 0 Å². The molecule has 0 aliphatic rings. The first-order valence-corrected chi connectivity index (χ1v) is 10.6. The molecule has 0 bridgehead atoms. The molecule has 1 aromatic heterocycles. The molecule has 2 N–H and O–H groups in total. The van der Waals surface area contributed by atoms with Crippen molar-refractivity contribution in [3.63, 3.8) is 0 Å². The number of hydrogen-bond acceptors (Lipinski definition) is 4. The molecule has 154 valence electrons. The third-order valence-electron chi connectivity index (χ3n) is 4.84. The molecule has 0 fully saturated rings. The predicted octanol–water partition coefficient (Wildman–Crippen LogP) is 5.62. The van der Waals surface area contributed by atoms with E-state index < -0.39 is 6.09 Å². The highest BCUT2D eigenvalue weighted by Gasteiger charge is 2.08. The van der Waals surface area contributed by atoms with E-state index >= 15 is 0 Å². The predicted molar refractivity (Wildman–Crippen MR) is 110 cm³/mol. The van der Waals surface area contributed by atoms with Crippen LogP contribution in [0.2, 0.25) is 0 Å². The van der Waals surface area contributed by atoms with Crippen LogP contribution in [0.3, 0.4) is 0 Å². The summed E-state index contributed by atoms with van der Waals surface area (Å²) in [6.07, 6.45) is 12.0. The Kier molecular flexibility index (Phi) is 10.1. The van der Waals surface area contributed by atoms with E-state index in [0.29, 0.717) is 31.1 Å². The lowest BCUT2D eigenvalue weighted by Crippen LogP contribution is -2.22. The molecule has 6 nitrogen and oxygen atoms in total. The summed E-state index contributed by atoms with van der Waals surface area (Å²) in [7, 11) is 0. The van der Waals surface area contributed by atoms with Crippen molar-refractivity contribution in [3.8, 4) is 11.4 Å². The Morgan fingerprint density at radius 3 is 2.32 bits per heavy atom. The Morgan fingerprint density at radius 1 is 0.964 bits per heavy atom. The molecular formula is C22H33N3O3. The van der Waals surface area contributed by atoms with Crippen molar-refractivity contribution in [2.45, 2.75) is 77.6 Å². The number of aryl methyl sites for hydroxylation is 2. The highest BCUT2D eigenvalue weighted by molar-refractivity contribution is 5.64. The highest BCUT2D eigenvalue weighted by Crippen LogP contribution is 2.18. The van der Waals surface area contributed by atoms with E-state index in [-0.39, 0.29) is 0 Å². The minimum atomic E-state index is -1.02. The third kappa shape index (κ3) is 8.55. The molecule has 1 heterocycles. The maximum Gasteiger partial charge on any atom is 0.404 e. The van der Waals surface area contributed by atoms with Gasteiger partial charge in [0.05, 0.1) is 0 Å². The lowest BCUT2D eigenvalue weighted by molar-refractivity contribution is 0.194. The fourth-order valence-electron chi connectivity index (χ4n) is 3.19. The molecule has 0 saturated heterocycles. The molecule has 6 heteroatoms. The van der Waals surface area contributed by atoms with E-state index in [9.17, 15) is 4.79 Å². The largest absolute Gasteiger partial charge is 0.465 e. The first kappa shape index (κ1) is 21.9. The summed E-state index contributed by atoms with van der Waals surface area (Å²) in [6.45, 7) is 2.63. The van der Waals surface area contributed by atoms with Crippen molar-refractivity contribution in [2.24, 2.45) is 0 Å². The average Bonchev–Trinajstić information content (AvgIpc) is 3.16.